The highest BCUT2D eigenvalue weighted by atomic mass is 15.1. The number of hydrogen-bond acceptors (Lipinski definition) is 4. The van der Waals surface area contributed by atoms with Crippen LogP contribution in [0.2, 0.25) is 0 Å². The van der Waals surface area contributed by atoms with Gasteiger partial charge in [0.25, 0.3) is 0 Å². The molecule has 2 aromatic rings. The Morgan fingerprint density at radius 2 is 1.90 bits per heavy atom. The normalized spacial score (nSPS) is 10.3. The highest BCUT2D eigenvalue weighted by molar-refractivity contribution is 5.61. The Labute approximate surface area is 120 Å². The van der Waals surface area contributed by atoms with Crippen molar-refractivity contribution in [3.63, 3.8) is 0 Å². The van der Waals surface area contributed by atoms with Crippen LogP contribution in [0.3, 0.4) is 0 Å². The van der Waals surface area contributed by atoms with E-state index < -0.39 is 0 Å². The average Bonchev–Trinajstić information content (AvgIpc) is 2.45. The lowest BCUT2D eigenvalue weighted by Gasteiger charge is -2.12. The van der Waals surface area contributed by atoms with E-state index in [1.807, 2.05) is 19.1 Å². The first kappa shape index (κ1) is 14.3. The predicted octanol–water partition coefficient (Wildman–Crippen LogP) is 3.91. The smallest absolute Gasteiger partial charge is 0.224 e. The molecule has 106 valence electrons. The van der Waals surface area contributed by atoms with Crippen LogP contribution in [0.25, 0.3) is 0 Å². The van der Waals surface area contributed by atoms with E-state index >= 15 is 0 Å². The molecule has 2 rings (SSSR count). The number of anilines is 3. The second-order valence-corrected chi connectivity index (χ2v) is 4.78. The largest absolute Gasteiger partial charge is 0.354 e. The minimum atomic E-state index is 0.684. The maximum Gasteiger partial charge on any atom is 0.224 e. The van der Waals surface area contributed by atoms with Crippen molar-refractivity contribution in [1.82, 2.24) is 9.97 Å². The highest BCUT2D eigenvalue weighted by Crippen LogP contribution is 2.21. The first-order chi connectivity index (χ1) is 9.72. The first-order valence-electron chi connectivity index (χ1n) is 7.17. The lowest BCUT2D eigenvalue weighted by molar-refractivity contribution is 0.947. The van der Waals surface area contributed by atoms with E-state index in [4.69, 9.17) is 0 Å². The fourth-order valence-corrected chi connectivity index (χ4v) is 2.04. The summed E-state index contributed by atoms with van der Waals surface area (Å²) in [5.74, 6) is 1.51. The quantitative estimate of drug-likeness (QED) is 0.835. The van der Waals surface area contributed by atoms with Gasteiger partial charge in [-0.15, -0.1) is 0 Å². The van der Waals surface area contributed by atoms with Gasteiger partial charge >= 0.3 is 0 Å². The van der Waals surface area contributed by atoms with Crippen molar-refractivity contribution in [2.24, 2.45) is 0 Å². The number of benzene rings is 1. The van der Waals surface area contributed by atoms with Crippen molar-refractivity contribution in [3.05, 3.63) is 41.6 Å². The Morgan fingerprint density at radius 1 is 1.10 bits per heavy atom. The molecule has 1 aromatic heterocycles. The monoisotopic (exact) mass is 270 g/mol. The lowest BCUT2D eigenvalue weighted by Crippen LogP contribution is -2.07. The molecule has 0 amide bonds. The van der Waals surface area contributed by atoms with Crippen molar-refractivity contribution in [1.29, 1.82) is 0 Å². The van der Waals surface area contributed by atoms with Crippen LogP contribution in [0.4, 0.5) is 17.5 Å². The molecule has 0 atom stereocenters. The van der Waals surface area contributed by atoms with Gasteiger partial charge in [0.05, 0.1) is 0 Å². The van der Waals surface area contributed by atoms with E-state index in [2.05, 4.69) is 52.6 Å². The minimum absolute atomic E-state index is 0.684. The first-order valence-corrected chi connectivity index (χ1v) is 7.17. The minimum Gasteiger partial charge on any atom is -0.354 e. The third-order valence-electron chi connectivity index (χ3n) is 3.05. The average molecular weight is 270 g/mol. The van der Waals surface area contributed by atoms with Crippen LogP contribution in [0.1, 0.15) is 31.5 Å². The van der Waals surface area contributed by atoms with E-state index in [0.29, 0.717) is 5.95 Å². The van der Waals surface area contributed by atoms with Crippen molar-refractivity contribution >= 4 is 17.5 Å². The van der Waals surface area contributed by atoms with E-state index in [1.54, 1.807) is 0 Å². The van der Waals surface area contributed by atoms with Crippen LogP contribution < -0.4 is 10.6 Å². The topological polar surface area (TPSA) is 49.8 Å². The van der Waals surface area contributed by atoms with Crippen LogP contribution in [0, 0.1) is 6.92 Å². The molecule has 2 N–H and O–H groups in total. The molecule has 4 heteroatoms. The molecule has 1 heterocycles. The molecular formula is C16H22N4. The molecule has 0 saturated carbocycles. The van der Waals surface area contributed by atoms with Gasteiger partial charge < -0.3 is 10.6 Å². The Balaban J connectivity index is 2.22. The molecule has 4 nitrogen and oxygen atoms in total. The molecule has 20 heavy (non-hydrogen) atoms. The molecule has 0 spiro atoms. The van der Waals surface area contributed by atoms with Gasteiger partial charge in [0.1, 0.15) is 5.82 Å². The molecule has 0 unspecified atom stereocenters. The number of para-hydroxylation sites is 1. The SMILES string of the molecule is CCCNc1nc(C)cc(Nc2ccccc2CC)n1. The van der Waals surface area contributed by atoms with Gasteiger partial charge in [-0.1, -0.05) is 32.0 Å². The Kier molecular flexibility index (Phi) is 4.93. The number of hydrogen-bond donors (Lipinski definition) is 2. The van der Waals surface area contributed by atoms with Crippen LogP contribution in [-0.4, -0.2) is 16.5 Å². The summed E-state index contributed by atoms with van der Waals surface area (Å²) in [4.78, 5) is 8.90. The third kappa shape index (κ3) is 3.70. The summed E-state index contributed by atoms with van der Waals surface area (Å²) < 4.78 is 0. The maximum absolute atomic E-state index is 4.51. The van der Waals surface area contributed by atoms with Gasteiger partial charge in [-0.2, -0.15) is 4.98 Å². The summed E-state index contributed by atoms with van der Waals surface area (Å²) in [6.07, 6.45) is 2.05. The number of rotatable bonds is 6. The fraction of sp³-hybridized carbons (Fsp3) is 0.375. The summed E-state index contributed by atoms with van der Waals surface area (Å²) in [6, 6.07) is 10.3. The number of nitrogens with one attached hydrogen (secondary N) is 2. The Bertz CT molecular complexity index is 566. The number of nitrogens with zero attached hydrogens (tertiary/aromatic N) is 2. The van der Waals surface area contributed by atoms with Crippen LogP contribution in [-0.2, 0) is 6.42 Å². The Hall–Kier alpha value is -2.10. The summed E-state index contributed by atoms with van der Waals surface area (Å²) in [5, 5.41) is 6.62. The van der Waals surface area contributed by atoms with E-state index in [0.717, 1.165) is 36.6 Å². The van der Waals surface area contributed by atoms with Gasteiger partial charge in [0, 0.05) is 24.0 Å². The van der Waals surface area contributed by atoms with Crippen molar-refractivity contribution in [2.45, 2.75) is 33.6 Å². The van der Waals surface area contributed by atoms with Gasteiger partial charge in [-0.25, -0.2) is 4.98 Å². The van der Waals surface area contributed by atoms with E-state index in [-0.39, 0.29) is 0 Å². The summed E-state index contributed by atoms with van der Waals surface area (Å²) in [6.45, 7) is 7.14. The molecule has 1 aromatic carbocycles. The van der Waals surface area contributed by atoms with E-state index in [1.165, 1.54) is 5.56 Å². The van der Waals surface area contributed by atoms with Crippen molar-refractivity contribution in [2.75, 3.05) is 17.2 Å². The fourth-order valence-electron chi connectivity index (χ4n) is 2.04. The van der Waals surface area contributed by atoms with Crippen molar-refractivity contribution in [3.8, 4) is 0 Å². The molecule has 0 radical (unpaired) electrons. The molecule has 0 bridgehead atoms. The van der Waals surface area contributed by atoms with E-state index in [9.17, 15) is 0 Å². The standard InChI is InChI=1S/C16H22N4/c1-4-10-17-16-18-12(3)11-15(20-16)19-14-9-7-6-8-13(14)5-2/h6-9,11H,4-5,10H2,1-3H3,(H2,17,18,19,20). The number of aryl methyl sites for hydroxylation is 2. The molecule has 0 aliphatic heterocycles. The summed E-state index contributed by atoms with van der Waals surface area (Å²) in [7, 11) is 0. The van der Waals surface area contributed by atoms with Crippen LogP contribution >= 0.6 is 0 Å². The molecule has 0 aliphatic rings. The van der Waals surface area contributed by atoms with Crippen LogP contribution in [0.15, 0.2) is 30.3 Å². The summed E-state index contributed by atoms with van der Waals surface area (Å²) >= 11 is 0. The number of aromatic nitrogens is 2. The maximum atomic E-state index is 4.51. The molecule has 0 saturated heterocycles. The summed E-state index contributed by atoms with van der Waals surface area (Å²) in [5.41, 5.74) is 3.34. The van der Waals surface area contributed by atoms with Gasteiger partial charge in [0.2, 0.25) is 5.95 Å². The highest BCUT2D eigenvalue weighted by Gasteiger charge is 2.04. The third-order valence-corrected chi connectivity index (χ3v) is 3.05. The zero-order valence-electron chi connectivity index (χ0n) is 12.4. The second-order valence-electron chi connectivity index (χ2n) is 4.78. The zero-order valence-corrected chi connectivity index (χ0v) is 12.4. The predicted molar refractivity (Wildman–Crippen MR) is 84.7 cm³/mol. The van der Waals surface area contributed by atoms with Gasteiger partial charge in [-0.3, -0.25) is 0 Å². The van der Waals surface area contributed by atoms with Gasteiger partial charge in [0.15, 0.2) is 0 Å². The lowest BCUT2D eigenvalue weighted by atomic mass is 10.1. The molecule has 0 fully saturated rings. The molecular weight excluding hydrogens is 248 g/mol. The molecule has 0 aliphatic carbocycles. The van der Waals surface area contributed by atoms with Crippen molar-refractivity contribution < 1.29 is 0 Å². The van der Waals surface area contributed by atoms with Gasteiger partial charge in [-0.05, 0) is 31.4 Å². The zero-order chi connectivity index (χ0) is 14.4. The second kappa shape index (κ2) is 6.89. The van der Waals surface area contributed by atoms with Crippen LogP contribution in [0.5, 0.6) is 0 Å². The Morgan fingerprint density at radius 3 is 2.65 bits per heavy atom.